The van der Waals surface area contributed by atoms with Crippen molar-refractivity contribution in [2.75, 3.05) is 20.7 Å². The van der Waals surface area contributed by atoms with Gasteiger partial charge < -0.3 is 39.2 Å². The van der Waals surface area contributed by atoms with E-state index in [4.69, 9.17) is 13.6 Å². The largest absolute Gasteiger partial charge is 0.436 e. The van der Waals surface area contributed by atoms with Crippen molar-refractivity contribution in [2.45, 2.75) is 108 Å². The summed E-state index contributed by atoms with van der Waals surface area (Å²) in [5.41, 5.74) is 4.56. The van der Waals surface area contributed by atoms with Crippen molar-refractivity contribution in [1.82, 2.24) is 40.6 Å². The van der Waals surface area contributed by atoms with Crippen LogP contribution in [-0.2, 0) is 20.7 Å². The minimum Gasteiger partial charge on any atom is -0.436 e. The number of hydrogen-bond acceptors (Lipinski definition) is 11. The second-order valence-electron chi connectivity index (χ2n) is 18.6. The van der Waals surface area contributed by atoms with E-state index in [-0.39, 0.29) is 83.2 Å². The van der Waals surface area contributed by atoms with E-state index < -0.39 is 17.9 Å². The van der Waals surface area contributed by atoms with Crippen LogP contribution in [0.3, 0.4) is 0 Å². The number of benzene rings is 4. The van der Waals surface area contributed by atoms with Crippen LogP contribution < -0.4 is 10.6 Å². The molecule has 69 heavy (non-hydrogen) atoms. The van der Waals surface area contributed by atoms with Gasteiger partial charge in [0, 0.05) is 78.0 Å². The van der Waals surface area contributed by atoms with E-state index in [2.05, 4.69) is 30.8 Å². The highest BCUT2D eigenvalue weighted by atomic mass is 19.1. The summed E-state index contributed by atoms with van der Waals surface area (Å²) in [6.07, 6.45) is 7.30. The van der Waals surface area contributed by atoms with Gasteiger partial charge in [0.2, 0.25) is 29.5 Å². The molecule has 3 amide bonds. The number of aliphatic hydroxyl groups is 1. The molecule has 3 aliphatic rings. The number of nitrogens with zero attached hydrogens (tertiary/aromatic N) is 5. The molecule has 3 fully saturated rings. The number of aromatic amines is 1. The molecule has 17 heteroatoms. The molecule has 358 valence electrons. The molecule has 0 radical (unpaired) electrons. The SMILES string of the molecule is CCC(=O)N[C@H]1CC[C@@H](N(C)C(=O)c2ccc(-c3cc4c(-c5nnc(Cc6cc(F)c7nc(-c8ccc(C(O)N(C)[C@@H]9CC[C@H](NC(=O)C%10CCCO%10)C9)cc8)oc7c6)o5)c[nH]c4cc3F)cc2)C1. The predicted octanol–water partition coefficient (Wildman–Crippen LogP) is 8.22. The molecule has 2 aliphatic carbocycles. The number of amides is 3. The molecule has 0 spiro atoms. The number of carbonyl (C=O) groups is 3. The van der Waals surface area contributed by atoms with Crippen LogP contribution in [0.15, 0.2) is 87.8 Å². The molecular weight excluding hydrogens is 887 g/mol. The summed E-state index contributed by atoms with van der Waals surface area (Å²) in [6.45, 7) is 2.44. The summed E-state index contributed by atoms with van der Waals surface area (Å²) >= 11 is 0. The minimum absolute atomic E-state index is 0.00722. The molecule has 4 aromatic carbocycles. The maximum absolute atomic E-state index is 15.6. The van der Waals surface area contributed by atoms with Gasteiger partial charge in [-0.1, -0.05) is 31.2 Å². The van der Waals surface area contributed by atoms with Crippen molar-refractivity contribution in [1.29, 1.82) is 0 Å². The smallest absolute Gasteiger partial charge is 0.253 e. The van der Waals surface area contributed by atoms with E-state index in [1.807, 2.05) is 18.9 Å². The summed E-state index contributed by atoms with van der Waals surface area (Å²) in [6, 6.07) is 20.3. The first-order valence-corrected chi connectivity index (χ1v) is 23.7. The normalized spacial score (nSPS) is 20.8. The van der Waals surface area contributed by atoms with Crippen LogP contribution in [0, 0.1) is 11.6 Å². The number of oxazole rings is 1. The lowest BCUT2D eigenvalue weighted by Crippen LogP contribution is -2.41. The van der Waals surface area contributed by atoms with Gasteiger partial charge in [-0.15, -0.1) is 10.2 Å². The Morgan fingerprint density at radius 1 is 0.826 bits per heavy atom. The fourth-order valence-electron chi connectivity index (χ4n) is 10.1. The second-order valence-corrected chi connectivity index (χ2v) is 18.6. The number of carbonyl (C=O) groups excluding carboxylic acids is 3. The van der Waals surface area contributed by atoms with Gasteiger partial charge in [0.05, 0.1) is 12.0 Å². The van der Waals surface area contributed by atoms with E-state index in [1.165, 1.54) is 12.1 Å². The van der Waals surface area contributed by atoms with Crippen LogP contribution in [0.1, 0.15) is 98.3 Å². The maximum atomic E-state index is 15.6. The number of fused-ring (bicyclic) bond motifs is 2. The van der Waals surface area contributed by atoms with Crippen LogP contribution in [-0.4, -0.2) is 104 Å². The monoisotopic (exact) mass is 940 g/mol. The third kappa shape index (κ3) is 9.50. The maximum Gasteiger partial charge on any atom is 0.253 e. The summed E-state index contributed by atoms with van der Waals surface area (Å²) in [5.74, 6) is -0.590. The Labute approximate surface area is 396 Å². The molecule has 1 aliphatic heterocycles. The zero-order valence-corrected chi connectivity index (χ0v) is 38.6. The van der Waals surface area contributed by atoms with E-state index in [0.29, 0.717) is 69.3 Å². The van der Waals surface area contributed by atoms with Gasteiger partial charge in [-0.3, -0.25) is 19.3 Å². The number of ether oxygens (including phenoxy) is 1. The third-order valence-corrected chi connectivity index (χ3v) is 14.1. The van der Waals surface area contributed by atoms with E-state index in [1.54, 1.807) is 78.8 Å². The molecule has 4 N–H and O–H groups in total. The van der Waals surface area contributed by atoms with Gasteiger partial charge >= 0.3 is 0 Å². The Balaban J connectivity index is 0.784. The topological polar surface area (TPSA) is 192 Å². The number of aliphatic hydroxyl groups excluding tert-OH is 1. The average Bonchev–Trinajstić information content (AvgIpc) is 4.23. The zero-order chi connectivity index (χ0) is 47.9. The van der Waals surface area contributed by atoms with Gasteiger partial charge in [-0.2, -0.15) is 0 Å². The molecule has 2 saturated carbocycles. The molecule has 1 saturated heterocycles. The Morgan fingerprint density at radius 2 is 1.57 bits per heavy atom. The van der Waals surface area contributed by atoms with Crippen molar-refractivity contribution in [3.63, 3.8) is 0 Å². The van der Waals surface area contributed by atoms with Crippen LogP contribution in [0.5, 0.6) is 0 Å². The fourth-order valence-corrected chi connectivity index (χ4v) is 10.1. The molecular formula is C52H54F2N8O7. The number of H-pyrrole nitrogens is 1. The second kappa shape index (κ2) is 19.3. The molecule has 2 unspecified atom stereocenters. The highest BCUT2D eigenvalue weighted by Crippen LogP contribution is 2.36. The molecule has 0 bridgehead atoms. The van der Waals surface area contributed by atoms with Gasteiger partial charge in [-0.25, -0.2) is 13.8 Å². The molecule has 3 aromatic heterocycles. The molecule has 6 atom stereocenters. The number of aromatic nitrogens is 4. The zero-order valence-electron chi connectivity index (χ0n) is 38.6. The quantitative estimate of drug-likeness (QED) is 0.0769. The lowest BCUT2D eigenvalue weighted by Gasteiger charge is -2.30. The van der Waals surface area contributed by atoms with Crippen LogP contribution >= 0.6 is 0 Å². The molecule has 10 rings (SSSR count). The van der Waals surface area contributed by atoms with Crippen molar-refractivity contribution in [3.8, 4) is 34.0 Å². The number of nitrogens with one attached hydrogen (secondary N) is 3. The molecule has 15 nitrogen and oxygen atoms in total. The Hall–Kier alpha value is -6.82. The minimum atomic E-state index is -0.877. The van der Waals surface area contributed by atoms with Crippen molar-refractivity contribution in [3.05, 3.63) is 113 Å². The standard InChI is InChI=1S/C52H54F2N8O7/c1-4-45(63)56-33-15-17-35(23-33)61(2)51(65)31-11-7-29(8-12-31)37-25-38-39(27-55-42(38)26-40(37)53)50-60-59-46(69-50)22-28-20-41(54)47-44(21-28)68-49(58-47)30-9-13-32(14-10-30)52(66)62(3)36-18-16-34(24-36)57-48(64)43-6-5-19-67-43/h7-14,20-21,25-27,33-36,43,52,55,66H,4-6,15-19,22-24H2,1-3H3,(H,56,63)(H,57,64)/t33-,34-,35+,36+,43?,52?/m0/s1. The van der Waals surface area contributed by atoms with Crippen molar-refractivity contribution >= 4 is 39.7 Å². The number of rotatable bonds is 14. The van der Waals surface area contributed by atoms with Gasteiger partial charge in [0.1, 0.15) is 23.7 Å². The highest BCUT2D eigenvalue weighted by Gasteiger charge is 2.34. The predicted molar refractivity (Wildman–Crippen MR) is 252 cm³/mol. The third-order valence-electron chi connectivity index (χ3n) is 14.1. The Bertz CT molecular complexity index is 3020. The summed E-state index contributed by atoms with van der Waals surface area (Å²) < 4.78 is 48.8. The first kappa shape index (κ1) is 45.9. The van der Waals surface area contributed by atoms with E-state index >= 15 is 8.78 Å². The van der Waals surface area contributed by atoms with Gasteiger partial charge in [0.25, 0.3) is 5.91 Å². The number of halogens is 2. The lowest BCUT2D eigenvalue weighted by molar-refractivity contribution is -0.130. The fraction of sp³-hybridized carbons (Fsp3) is 0.385. The Morgan fingerprint density at radius 3 is 2.32 bits per heavy atom. The van der Waals surface area contributed by atoms with Crippen LogP contribution in [0.4, 0.5) is 8.78 Å². The first-order chi connectivity index (χ1) is 33.4. The van der Waals surface area contributed by atoms with E-state index in [0.717, 1.165) is 44.9 Å². The molecule has 7 aromatic rings. The van der Waals surface area contributed by atoms with Crippen molar-refractivity contribution in [2.24, 2.45) is 0 Å². The average molecular weight is 941 g/mol. The van der Waals surface area contributed by atoms with Gasteiger partial charge in [0.15, 0.2) is 11.4 Å². The summed E-state index contributed by atoms with van der Waals surface area (Å²) in [7, 11) is 3.65. The van der Waals surface area contributed by atoms with Crippen LogP contribution in [0.25, 0.3) is 56.0 Å². The highest BCUT2D eigenvalue weighted by molar-refractivity contribution is 5.97. The Kier molecular flexibility index (Phi) is 12.8. The van der Waals surface area contributed by atoms with Crippen molar-refractivity contribution < 1.29 is 41.8 Å². The lowest BCUT2D eigenvalue weighted by atomic mass is 10.00. The van der Waals surface area contributed by atoms with Gasteiger partial charge in [-0.05, 0) is 124 Å². The molecule has 4 heterocycles. The van der Waals surface area contributed by atoms with E-state index in [9.17, 15) is 19.5 Å². The number of hydrogen-bond donors (Lipinski definition) is 4. The summed E-state index contributed by atoms with van der Waals surface area (Å²) in [4.78, 5) is 49.1. The first-order valence-electron chi connectivity index (χ1n) is 23.7. The van der Waals surface area contributed by atoms with Crippen LogP contribution in [0.2, 0.25) is 0 Å². The summed E-state index contributed by atoms with van der Waals surface area (Å²) in [5, 5.41) is 26.6.